The zero-order valence-electron chi connectivity index (χ0n) is 7.53. The van der Waals surface area contributed by atoms with E-state index >= 15 is 0 Å². The Kier molecular flexibility index (Phi) is 3.47. The Balaban J connectivity index is 2.21. The number of hydroxylamine groups is 2. The smallest absolute Gasteiger partial charge is 0.323 e. The minimum atomic E-state index is -0.373. The first-order chi connectivity index (χ1) is 6.27. The highest BCUT2D eigenvalue weighted by atomic mass is 16.7. The third kappa shape index (κ3) is 2.56. The van der Waals surface area contributed by atoms with Crippen LogP contribution in [0.4, 0.5) is 4.79 Å². The van der Waals surface area contributed by atoms with Gasteiger partial charge < -0.3 is 10.1 Å². The molecule has 0 saturated carbocycles. The van der Waals surface area contributed by atoms with Crippen LogP contribution in [-0.2, 0) is 9.57 Å². The molecule has 0 aliphatic carbocycles. The minimum absolute atomic E-state index is 0.159. The van der Waals surface area contributed by atoms with Crippen molar-refractivity contribution in [3.05, 3.63) is 0 Å². The Hall–Kier alpha value is -1.34. The van der Waals surface area contributed by atoms with Crippen LogP contribution in [0.15, 0.2) is 4.99 Å². The molecule has 2 N–H and O–H groups in total. The Morgan fingerprint density at radius 2 is 2.46 bits per heavy atom. The van der Waals surface area contributed by atoms with Crippen molar-refractivity contribution < 1.29 is 14.4 Å². The van der Waals surface area contributed by atoms with E-state index in [1.165, 1.54) is 19.3 Å². The van der Waals surface area contributed by atoms with Gasteiger partial charge in [-0.3, -0.25) is 10.2 Å². The van der Waals surface area contributed by atoms with Gasteiger partial charge in [0.25, 0.3) is 0 Å². The molecule has 0 aromatic rings. The summed E-state index contributed by atoms with van der Waals surface area (Å²) in [6.45, 7) is 0.600. The molecule has 0 bridgehead atoms. The first kappa shape index (κ1) is 9.75. The van der Waals surface area contributed by atoms with Crippen molar-refractivity contribution in [1.29, 1.82) is 0 Å². The van der Waals surface area contributed by atoms with Crippen molar-refractivity contribution in [2.45, 2.75) is 0 Å². The number of ether oxygens (including phenoxy) is 1. The Labute approximate surface area is 75.7 Å². The van der Waals surface area contributed by atoms with Gasteiger partial charge in [-0.25, -0.2) is 9.79 Å². The number of methoxy groups -OCH3 is 1. The highest BCUT2D eigenvalue weighted by Gasteiger charge is 2.20. The highest BCUT2D eigenvalue weighted by Crippen LogP contribution is 2.00. The van der Waals surface area contributed by atoms with Gasteiger partial charge in [0.05, 0.1) is 7.11 Å². The van der Waals surface area contributed by atoms with Crippen LogP contribution in [0.3, 0.4) is 0 Å². The molecular weight excluding hydrogens is 176 g/mol. The topological polar surface area (TPSA) is 75.2 Å². The number of carbonyl (C=O) groups excluding carboxylic acids is 1. The summed E-state index contributed by atoms with van der Waals surface area (Å²) in [6, 6.07) is -0.373. The highest BCUT2D eigenvalue weighted by molar-refractivity contribution is 5.97. The zero-order chi connectivity index (χ0) is 9.68. The largest absolute Gasteiger partial charge is 0.364 e. The van der Waals surface area contributed by atoms with Crippen LogP contribution >= 0.6 is 0 Å². The van der Waals surface area contributed by atoms with Gasteiger partial charge in [0.2, 0.25) is 5.96 Å². The summed E-state index contributed by atoms with van der Waals surface area (Å²) in [5.41, 5.74) is 0. The molecule has 13 heavy (non-hydrogen) atoms. The number of amides is 2. The second-order valence-corrected chi connectivity index (χ2v) is 2.25. The molecule has 1 rings (SSSR count). The van der Waals surface area contributed by atoms with Crippen LogP contribution in [0.2, 0.25) is 0 Å². The molecule has 0 atom stereocenters. The van der Waals surface area contributed by atoms with Crippen LogP contribution < -0.4 is 10.6 Å². The van der Waals surface area contributed by atoms with Gasteiger partial charge in [0, 0.05) is 7.11 Å². The average molecular weight is 188 g/mol. The maximum absolute atomic E-state index is 11.0. The van der Waals surface area contributed by atoms with Gasteiger partial charge in [-0.15, -0.1) is 0 Å². The number of hydrogen-bond acceptors (Lipinski definition) is 5. The van der Waals surface area contributed by atoms with E-state index in [-0.39, 0.29) is 12.8 Å². The van der Waals surface area contributed by atoms with E-state index in [0.717, 1.165) is 0 Å². The number of carbonyl (C=O) groups is 1. The Morgan fingerprint density at radius 1 is 1.69 bits per heavy atom. The standard InChI is InChI=1S/C6H12N4O3/c1-12-4-8-6(11)9-5-7-3-10(5)13-2/h3-4H2,1-2H3,(H2,7,8,9,11). The van der Waals surface area contributed by atoms with Crippen molar-refractivity contribution in [1.82, 2.24) is 15.7 Å². The van der Waals surface area contributed by atoms with E-state index < -0.39 is 0 Å². The number of nitrogens with zero attached hydrogens (tertiary/aromatic N) is 2. The van der Waals surface area contributed by atoms with Crippen LogP contribution in [-0.4, -0.2) is 44.7 Å². The van der Waals surface area contributed by atoms with E-state index in [0.29, 0.717) is 12.6 Å². The number of guanidine groups is 1. The van der Waals surface area contributed by atoms with Gasteiger partial charge in [0.15, 0.2) is 0 Å². The summed E-state index contributed by atoms with van der Waals surface area (Å²) < 4.78 is 4.64. The predicted octanol–water partition coefficient (Wildman–Crippen LogP) is -0.920. The Morgan fingerprint density at radius 3 is 2.92 bits per heavy atom. The third-order valence-corrected chi connectivity index (χ3v) is 1.41. The molecule has 0 unspecified atom stereocenters. The molecule has 7 nitrogen and oxygen atoms in total. The lowest BCUT2D eigenvalue weighted by atomic mass is 10.7. The molecular formula is C6H12N4O3. The van der Waals surface area contributed by atoms with Crippen molar-refractivity contribution in [3.8, 4) is 0 Å². The van der Waals surface area contributed by atoms with Gasteiger partial charge in [-0.1, -0.05) is 0 Å². The summed E-state index contributed by atoms with van der Waals surface area (Å²) >= 11 is 0. The number of aliphatic imine (C=N–C) groups is 1. The van der Waals surface area contributed by atoms with Gasteiger partial charge in [-0.05, 0) is 0 Å². The molecule has 0 aromatic heterocycles. The Bertz CT molecular complexity index is 218. The first-order valence-corrected chi connectivity index (χ1v) is 3.68. The average Bonchev–Trinajstić information content (AvgIpc) is 2.10. The number of rotatable bonds is 3. The molecule has 1 heterocycles. The monoisotopic (exact) mass is 188 g/mol. The molecule has 74 valence electrons. The van der Waals surface area contributed by atoms with Crippen molar-refractivity contribution in [2.24, 2.45) is 4.99 Å². The quantitative estimate of drug-likeness (QED) is 0.562. The normalized spacial score (nSPS) is 14.6. The summed E-state index contributed by atoms with van der Waals surface area (Å²) in [6.07, 6.45) is 0. The second kappa shape index (κ2) is 4.63. The van der Waals surface area contributed by atoms with Crippen molar-refractivity contribution in [2.75, 3.05) is 27.6 Å². The van der Waals surface area contributed by atoms with Gasteiger partial charge in [0.1, 0.15) is 13.4 Å². The maximum atomic E-state index is 11.0. The molecule has 0 saturated heterocycles. The van der Waals surface area contributed by atoms with E-state index in [9.17, 15) is 4.79 Å². The summed E-state index contributed by atoms with van der Waals surface area (Å²) in [5, 5.41) is 6.36. The first-order valence-electron chi connectivity index (χ1n) is 3.68. The summed E-state index contributed by atoms with van der Waals surface area (Å²) in [7, 11) is 2.99. The van der Waals surface area contributed by atoms with Gasteiger partial charge >= 0.3 is 6.03 Å². The third-order valence-electron chi connectivity index (χ3n) is 1.41. The zero-order valence-corrected chi connectivity index (χ0v) is 7.53. The van der Waals surface area contributed by atoms with E-state index in [4.69, 9.17) is 4.84 Å². The van der Waals surface area contributed by atoms with E-state index in [2.05, 4.69) is 20.4 Å². The van der Waals surface area contributed by atoms with Gasteiger partial charge in [-0.2, -0.15) is 5.06 Å². The van der Waals surface area contributed by atoms with E-state index in [1.54, 1.807) is 0 Å². The molecule has 1 aliphatic heterocycles. The van der Waals surface area contributed by atoms with Crippen molar-refractivity contribution in [3.63, 3.8) is 0 Å². The predicted molar refractivity (Wildman–Crippen MR) is 44.7 cm³/mol. The molecule has 0 radical (unpaired) electrons. The van der Waals surface area contributed by atoms with Crippen LogP contribution in [0, 0.1) is 0 Å². The lowest BCUT2D eigenvalue weighted by molar-refractivity contribution is -0.0825. The summed E-state index contributed by atoms with van der Waals surface area (Å²) in [5.74, 6) is 0.399. The number of urea groups is 1. The lowest BCUT2D eigenvalue weighted by Gasteiger charge is -2.28. The maximum Gasteiger partial charge on any atom is 0.323 e. The molecule has 0 aromatic carbocycles. The van der Waals surface area contributed by atoms with Crippen LogP contribution in [0.5, 0.6) is 0 Å². The fourth-order valence-electron chi connectivity index (χ4n) is 0.729. The molecule has 7 heteroatoms. The SMILES string of the molecule is COCNC(=O)NC1=NCN1OC. The van der Waals surface area contributed by atoms with E-state index in [1.807, 2.05) is 0 Å². The van der Waals surface area contributed by atoms with Crippen LogP contribution in [0.1, 0.15) is 0 Å². The molecule has 0 fully saturated rings. The minimum Gasteiger partial charge on any atom is -0.364 e. The van der Waals surface area contributed by atoms with Crippen molar-refractivity contribution >= 4 is 12.0 Å². The van der Waals surface area contributed by atoms with Crippen LogP contribution in [0.25, 0.3) is 0 Å². The fraction of sp³-hybridized carbons (Fsp3) is 0.667. The number of nitrogens with one attached hydrogen (secondary N) is 2. The molecule has 1 aliphatic rings. The lowest BCUT2D eigenvalue weighted by Crippen LogP contribution is -2.52. The summed E-state index contributed by atoms with van der Waals surface area (Å²) in [4.78, 5) is 19.7. The fourth-order valence-corrected chi connectivity index (χ4v) is 0.729. The number of hydrogen-bond donors (Lipinski definition) is 2. The second-order valence-electron chi connectivity index (χ2n) is 2.25. The molecule has 0 spiro atoms. The molecule has 2 amide bonds.